The van der Waals surface area contributed by atoms with Gasteiger partial charge in [0.1, 0.15) is 11.5 Å². The lowest BCUT2D eigenvalue weighted by Gasteiger charge is -2.30. The fourth-order valence-corrected chi connectivity index (χ4v) is 4.24. The van der Waals surface area contributed by atoms with E-state index in [4.69, 9.17) is 18.9 Å². The van der Waals surface area contributed by atoms with Crippen LogP contribution in [0.5, 0.6) is 23.0 Å². The number of hydrogen-bond donors (Lipinski definition) is 1. The molecule has 2 amide bonds. The van der Waals surface area contributed by atoms with Gasteiger partial charge in [-0.05, 0) is 74.2 Å². The van der Waals surface area contributed by atoms with Crippen LogP contribution in [0, 0.1) is 6.92 Å². The van der Waals surface area contributed by atoms with Crippen molar-refractivity contribution in [3.05, 3.63) is 71.8 Å². The van der Waals surface area contributed by atoms with E-state index in [9.17, 15) is 9.59 Å². The first kappa shape index (κ1) is 26.9. The lowest BCUT2D eigenvalue weighted by atomic mass is 10.1. The van der Waals surface area contributed by atoms with Gasteiger partial charge in [-0.3, -0.25) is 9.59 Å². The summed E-state index contributed by atoms with van der Waals surface area (Å²) in [6.07, 6.45) is 2.43. The normalized spacial score (nSPS) is 12.4. The molecule has 0 saturated carbocycles. The first-order valence-electron chi connectivity index (χ1n) is 12.7. The Bertz CT molecular complexity index is 1260. The SMILES string of the molecule is COc1ccc(CCC(=O)Nc2ccc3c(c2)N(CCCCOc2ccc(C)cc2)C(=O)CO3)cc1OC. The highest BCUT2D eigenvalue weighted by molar-refractivity contribution is 5.99. The number of carbonyl (C=O) groups is 2. The van der Waals surface area contributed by atoms with E-state index in [0.29, 0.717) is 54.6 Å². The number of ether oxygens (including phenoxy) is 4. The summed E-state index contributed by atoms with van der Waals surface area (Å²) < 4.78 is 22.0. The number of amides is 2. The Morgan fingerprint density at radius 1 is 0.974 bits per heavy atom. The number of methoxy groups -OCH3 is 2. The molecule has 38 heavy (non-hydrogen) atoms. The number of benzene rings is 3. The number of nitrogens with one attached hydrogen (secondary N) is 1. The molecule has 0 aromatic heterocycles. The van der Waals surface area contributed by atoms with Crippen molar-refractivity contribution >= 4 is 23.2 Å². The highest BCUT2D eigenvalue weighted by Crippen LogP contribution is 2.35. The zero-order valence-electron chi connectivity index (χ0n) is 22.1. The van der Waals surface area contributed by atoms with E-state index >= 15 is 0 Å². The molecule has 3 aromatic rings. The molecule has 8 nitrogen and oxygen atoms in total. The minimum Gasteiger partial charge on any atom is -0.494 e. The van der Waals surface area contributed by atoms with Gasteiger partial charge in [-0.25, -0.2) is 0 Å². The second-order valence-electron chi connectivity index (χ2n) is 9.12. The summed E-state index contributed by atoms with van der Waals surface area (Å²) >= 11 is 0. The van der Waals surface area contributed by atoms with Crippen LogP contribution >= 0.6 is 0 Å². The van der Waals surface area contributed by atoms with Crippen LogP contribution in [0.4, 0.5) is 11.4 Å². The number of anilines is 2. The number of aryl methyl sites for hydroxylation is 2. The molecular weight excluding hydrogens is 484 g/mol. The van der Waals surface area contributed by atoms with Gasteiger partial charge < -0.3 is 29.2 Å². The summed E-state index contributed by atoms with van der Waals surface area (Å²) in [4.78, 5) is 27.0. The van der Waals surface area contributed by atoms with Crippen LogP contribution in [0.15, 0.2) is 60.7 Å². The number of carbonyl (C=O) groups excluding carboxylic acids is 2. The van der Waals surface area contributed by atoms with Crippen molar-refractivity contribution in [2.75, 3.05) is 44.2 Å². The van der Waals surface area contributed by atoms with E-state index in [-0.39, 0.29) is 18.4 Å². The van der Waals surface area contributed by atoms with Crippen LogP contribution in [-0.4, -0.2) is 45.8 Å². The standard InChI is InChI=1S/C30H34N2O6/c1-21-6-11-24(12-7-21)37-17-5-4-16-32-25-19-23(10-14-26(25)38-20-30(32)34)31-29(33)15-9-22-8-13-27(35-2)28(18-22)36-3/h6-8,10-14,18-19H,4-5,9,15-17,20H2,1-3H3,(H,31,33). The quantitative estimate of drug-likeness (QED) is 0.333. The molecule has 1 aliphatic heterocycles. The van der Waals surface area contributed by atoms with E-state index in [1.165, 1.54) is 5.56 Å². The Hall–Kier alpha value is -4.20. The maximum atomic E-state index is 12.7. The monoisotopic (exact) mass is 518 g/mol. The maximum absolute atomic E-state index is 12.7. The molecule has 3 aromatic carbocycles. The number of unbranched alkanes of at least 4 members (excludes halogenated alkanes) is 1. The smallest absolute Gasteiger partial charge is 0.265 e. The van der Waals surface area contributed by atoms with Crippen molar-refractivity contribution in [3.63, 3.8) is 0 Å². The molecule has 0 fully saturated rings. The third-order valence-electron chi connectivity index (χ3n) is 6.34. The van der Waals surface area contributed by atoms with Crippen LogP contribution in [0.3, 0.4) is 0 Å². The Kier molecular flexibility index (Phi) is 9.08. The van der Waals surface area contributed by atoms with Gasteiger partial charge in [0.05, 0.1) is 26.5 Å². The largest absolute Gasteiger partial charge is 0.494 e. The third-order valence-corrected chi connectivity index (χ3v) is 6.34. The minimum atomic E-state index is -0.123. The summed E-state index contributed by atoms with van der Waals surface area (Å²) in [6.45, 7) is 3.16. The molecule has 4 rings (SSSR count). The van der Waals surface area contributed by atoms with Crippen LogP contribution in [0.2, 0.25) is 0 Å². The summed E-state index contributed by atoms with van der Waals surface area (Å²) in [5.74, 6) is 2.52. The van der Waals surface area contributed by atoms with Crippen LogP contribution in [0.25, 0.3) is 0 Å². The molecule has 0 spiro atoms. The maximum Gasteiger partial charge on any atom is 0.265 e. The van der Waals surface area contributed by atoms with Crippen molar-refractivity contribution in [2.45, 2.75) is 32.6 Å². The Labute approximate surface area is 223 Å². The summed E-state index contributed by atoms with van der Waals surface area (Å²) in [5, 5.41) is 2.94. The lowest BCUT2D eigenvalue weighted by molar-refractivity contribution is -0.121. The number of rotatable bonds is 12. The van der Waals surface area contributed by atoms with Crippen LogP contribution in [-0.2, 0) is 16.0 Å². The summed E-state index contributed by atoms with van der Waals surface area (Å²) in [6, 6.07) is 18.9. The van der Waals surface area contributed by atoms with Gasteiger partial charge in [0.25, 0.3) is 5.91 Å². The van der Waals surface area contributed by atoms with Crippen molar-refractivity contribution in [1.29, 1.82) is 0 Å². The molecule has 0 radical (unpaired) electrons. The average Bonchev–Trinajstić information content (AvgIpc) is 2.93. The lowest BCUT2D eigenvalue weighted by Crippen LogP contribution is -2.39. The fourth-order valence-electron chi connectivity index (χ4n) is 4.24. The van der Waals surface area contributed by atoms with Crippen molar-refractivity contribution in [1.82, 2.24) is 0 Å². The van der Waals surface area contributed by atoms with E-state index in [2.05, 4.69) is 5.32 Å². The molecule has 1 N–H and O–H groups in total. The molecule has 1 aliphatic rings. The summed E-state index contributed by atoms with van der Waals surface area (Å²) in [5.41, 5.74) is 3.44. The average molecular weight is 519 g/mol. The van der Waals surface area contributed by atoms with Gasteiger partial charge >= 0.3 is 0 Å². The molecule has 8 heteroatoms. The minimum absolute atomic E-state index is 0.00386. The van der Waals surface area contributed by atoms with Gasteiger partial charge in [-0.15, -0.1) is 0 Å². The molecule has 0 unspecified atom stereocenters. The van der Waals surface area contributed by atoms with Crippen LogP contribution in [0.1, 0.15) is 30.4 Å². The molecule has 0 aliphatic carbocycles. The zero-order valence-corrected chi connectivity index (χ0v) is 22.1. The molecular formula is C30H34N2O6. The summed E-state index contributed by atoms with van der Waals surface area (Å²) in [7, 11) is 3.17. The van der Waals surface area contributed by atoms with E-state index < -0.39 is 0 Å². The van der Waals surface area contributed by atoms with Crippen molar-refractivity contribution in [2.24, 2.45) is 0 Å². The highest BCUT2D eigenvalue weighted by Gasteiger charge is 2.25. The number of nitrogens with zero attached hydrogens (tertiary/aromatic N) is 1. The van der Waals surface area contributed by atoms with E-state index in [1.54, 1.807) is 37.3 Å². The Balaban J connectivity index is 1.31. The predicted octanol–water partition coefficient (Wildman–Crippen LogP) is 5.17. The van der Waals surface area contributed by atoms with Crippen LogP contribution < -0.4 is 29.2 Å². The zero-order chi connectivity index (χ0) is 26.9. The van der Waals surface area contributed by atoms with Gasteiger partial charge in [-0.2, -0.15) is 0 Å². The molecule has 1 heterocycles. The molecule has 0 bridgehead atoms. The van der Waals surface area contributed by atoms with Gasteiger partial charge in [0, 0.05) is 18.7 Å². The van der Waals surface area contributed by atoms with Crippen molar-refractivity contribution < 1.29 is 28.5 Å². The second kappa shape index (κ2) is 12.9. The molecule has 200 valence electrons. The van der Waals surface area contributed by atoms with E-state index in [0.717, 1.165) is 24.2 Å². The highest BCUT2D eigenvalue weighted by atomic mass is 16.5. The predicted molar refractivity (Wildman–Crippen MR) is 147 cm³/mol. The molecule has 0 atom stereocenters. The number of hydrogen-bond acceptors (Lipinski definition) is 6. The van der Waals surface area contributed by atoms with E-state index in [1.807, 2.05) is 49.4 Å². The van der Waals surface area contributed by atoms with Gasteiger partial charge in [0.2, 0.25) is 5.91 Å². The first-order chi connectivity index (χ1) is 18.5. The van der Waals surface area contributed by atoms with Crippen molar-refractivity contribution in [3.8, 4) is 23.0 Å². The number of fused-ring (bicyclic) bond motifs is 1. The van der Waals surface area contributed by atoms with Gasteiger partial charge in [0.15, 0.2) is 18.1 Å². The van der Waals surface area contributed by atoms with Gasteiger partial charge in [-0.1, -0.05) is 23.8 Å². The Morgan fingerprint density at radius 3 is 2.53 bits per heavy atom. The molecule has 0 saturated heterocycles. The Morgan fingerprint density at radius 2 is 1.76 bits per heavy atom. The second-order valence-corrected chi connectivity index (χ2v) is 9.12. The third kappa shape index (κ3) is 6.97. The first-order valence-corrected chi connectivity index (χ1v) is 12.7. The fraction of sp³-hybridized carbons (Fsp3) is 0.333. The topological polar surface area (TPSA) is 86.3 Å².